The maximum atomic E-state index is 12.6. The number of benzene rings is 1. The molecule has 2 N–H and O–H groups in total. The first-order valence-electron chi connectivity index (χ1n) is 4.32. The highest BCUT2D eigenvalue weighted by atomic mass is 32.2. The predicted molar refractivity (Wildman–Crippen MR) is 62.5 cm³/mol. The number of anilines is 1. The number of rotatable bonds is 3. The third-order valence-corrected chi connectivity index (χ3v) is 3.84. The van der Waals surface area contributed by atoms with Gasteiger partial charge in [-0.2, -0.15) is 0 Å². The largest absolute Gasteiger partial charge is 0.375 e. The first-order chi connectivity index (χ1) is 7.24. The van der Waals surface area contributed by atoms with E-state index < -0.39 is 0 Å². The van der Waals surface area contributed by atoms with Crippen molar-refractivity contribution in [2.24, 2.45) is 0 Å². The lowest BCUT2D eigenvalue weighted by Crippen LogP contribution is -1.77. The van der Waals surface area contributed by atoms with Crippen LogP contribution in [0.25, 0.3) is 0 Å². The van der Waals surface area contributed by atoms with E-state index in [1.807, 2.05) is 0 Å². The molecule has 0 aliphatic carbocycles. The Morgan fingerprint density at radius 3 is 2.67 bits per heavy atom. The van der Waals surface area contributed by atoms with E-state index in [1.165, 1.54) is 23.5 Å². The molecule has 2 aromatic rings. The summed E-state index contributed by atoms with van der Waals surface area (Å²) in [5.41, 5.74) is 5.52. The van der Waals surface area contributed by atoms with Gasteiger partial charge in [-0.15, -0.1) is 23.1 Å². The van der Waals surface area contributed by atoms with Crippen LogP contribution in [0.2, 0.25) is 0 Å². The number of nitrogen functional groups attached to an aromatic ring is 1. The van der Waals surface area contributed by atoms with Gasteiger partial charge >= 0.3 is 0 Å². The van der Waals surface area contributed by atoms with Crippen LogP contribution in [0.1, 0.15) is 4.88 Å². The summed E-state index contributed by atoms with van der Waals surface area (Å²) in [5, 5.41) is 0.588. The number of nitrogens with zero attached hydrogens (tertiary/aromatic N) is 1. The van der Waals surface area contributed by atoms with Crippen molar-refractivity contribution in [2.45, 2.75) is 10.6 Å². The van der Waals surface area contributed by atoms with E-state index in [0.29, 0.717) is 5.13 Å². The van der Waals surface area contributed by atoms with Crippen LogP contribution in [0.5, 0.6) is 0 Å². The van der Waals surface area contributed by atoms with E-state index >= 15 is 0 Å². The maximum absolute atomic E-state index is 12.6. The molecule has 5 heteroatoms. The molecule has 0 radical (unpaired) electrons. The summed E-state index contributed by atoms with van der Waals surface area (Å²) in [4.78, 5) is 6.14. The van der Waals surface area contributed by atoms with E-state index in [1.54, 1.807) is 30.1 Å². The van der Waals surface area contributed by atoms with E-state index in [0.717, 1.165) is 15.5 Å². The highest BCUT2D eigenvalue weighted by Crippen LogP contribution is 2.26. The van der Waals surface area contributed by atoms with Gasteiger partial charge in [-0.3, -0.25) is 0 Å². The first kappa shape index (κ1) is 10.4. The molecule has 0 bridgehead atoms. The summed E-state index contributed by atoms with van der Waals surface area (Å²) in [6.45, 7) is 0. The summed E-state index contributed by atoms with van der Waals surface area (Å²) >= 11 is 3.13. The van der Waals surface area contributed by atoms with E-state index in [2.05, 4.69) is 4.98 Å². The zero-order valence-electron chi connectivity index (χ0n) is 7.81. The zero-order chi connectivity index (χ0) is 10.7. The second-order valence-electron chi connectivity index (χ2n) is 2.91. The molecule has 0 aliphatic heterocycles. The molecule has 0 amide bonds. The molecule has 0 atom stereocenters. The van der Waals surface area contributed by atoms with Crippen molar-refractivity contribution < 1.29 is 4.39 Å². The molecule has 0 unspecified atom stereocenters. The van der Waals surface area contributed by atoms with Gasteiger partial charge in [0.05, 0.1) is 0 Å². The molecule has 0 aliphatic rings. The van der Waals surface area contributed by atoms with Crippen molar-refractivity contribution in [3.05, 3.63) is 41.2 Å². The second kappa shape index (κ2) is 4.63. The van der Waals surface area contributed by atoms with Gasteiger partial charge in [0.15, 0.2) is 5.13 Å². The van der Waals surface area contributed by atoms with Gasteiger partial charge in [-0.25, -0.2) is 9.37 Å². The maximum Gasteiger partial charge on any atom is 0.180 e. The van der Waals surface area contributed by atoms with Crippen LogP contribution >= 0.6 is 23.1 Å². The molecule has 2 rings (SSSR count). The summed E-state index contributed by atoms with van der Waals surface area (Å²) in [6.07, 6.45) is 1.77. The number of hydrogen-bond donors (Lipinski definition) is 1. The molecule has 0 fully saturated rings. The SMILES string of the molecule is Nc1ncc(CSc2ccc(F)cc2)s1. The molecule has 0 saturated carbocycles. The summed E-state index contributed by atoms with van der Waals surface area (Å²) in [7, 11) is 0. The Morgan fingerprint density at radius 1 is 1.33 bits per heavy atom. The molecule has 2 nitrogen and oxygen atoms in total. The Hall–Kier alpha value is -1.07. The highest BCUT2D eigenvalue weighted by Gasteiger charge is 2.00. The van der Waals surface area contributed by atoms with Gasteiger partial charge in [-0.05, 0) is 24.3 Å². The van der Waals surface area contributed by atoms with Crippen molar-refractivity contribution in [1.82, 2.24) is 4.98 Å². The van der Waals surface area contributed by atoms with Crippen molar-refractivity contribution in [2.75, 3.05) is 5.73 Å². The number of thioether (sulfide) groups is 1. The molecule has 1 heterocycles. The van der Waals surface area contributed by atoms with Crippen molar-refractivity contribution in [1.29, 1.82) is 0 Å². The van der Waals surface area contributed by atoms with E-state index in [-0.39, 0.29) is 5.82 Å². The fraction of sp³-hybridized carbons (Fsp3) is 0.100. The fourth-order valence-corrected chi connectivity index (χ4v) is 2.68. The third kappa shape index (κ3) is 2.94. The van der Waals surface area contributed by atoms with Crippen LogP contribution in [-0.2, 0) is 5.75 Å². The van der Waals surface area contributed by atoms with Gasteiger partial charge in [-0.1, -0.05) is 0 Å². The summed E-state index contributed by atoms with van der Waals surface area (Å²) < 4.78 is 12.6. The smallest absolute Gasteiger partial charge is 0.180 e. The first-order valence-corrected chi connectivity index (χ1v) is 6.13. The quantitative estimate of drug-likeness (QED) is 0.838. The Labute approximate surface area is 95.3 Å². The van der Waals surface area contributed by atoms with Crippen LogP contribution in [0.15, 0.2) is 35.4 Å². The lowest BCUT2D eigenvalue weighted by atomic mass is 10.4. The van der Waals surface area contributed by atoms with E-state index in [9.17, 15) is 4.39 Å². The Bertz CT molecular complexity index is 439. The Kier molecular flexibility index (Phi) is 3.23. The molecule has 0 saturated heterocycles. The molecule has 15 heavy (non-hydrogen) atoms. The average molecular weight is 240 g/mol. The lowest BCUT2D eigenvalue weighted by Gasteiger charge is -1.98. The average Bonchev–Trinajstić information content (AvgIpc) is 2.64. The van der Waals surface area contributed by atoms with Gasteiger partial charge in [0, 0.05) is 21.7 Å². The van der Waals surface area contributed by atoms with E-state index in [4.69, 9.17) is 5.73 Å². The molecule has 0 spiro atoms. The highest BCUT2D eigenvalue weighted by molar-refractivity contribution is 7.98. The minimum absolute atomic E-state index is 0.207. The van der Waals surface area contributed by atoms with Gasteiger partial charge in [0.2, 0.25) is 0 Å². The summed E-state index contributed by atoms with van der Waals surface area (Å²) in [5.74, 6) is 0.613. The third-order valence-electron chi connectivity index (χ3n) is 1.77. The Morgan fingerprint density at radius 2 is 2.07 bits per heavy atom. The number of hydrogen-bond acceptors (Lipinski definition) is 4. The monoisotopic (exact) mass is 240 g/mol. The van der Waals surface area contributed by atoms with Crippen LogP contribution in [0, 0.1) is 5.82 Å². The molecule has 78 valence electrons. The minimum Gasteiger partial charge on any atom is -0.375 e. The van der Waals surface area contributed by atoms with Crippen LogP contribution in [0.4, 0.5) is 9.52 Å². The molecular weight excluding hydrogens is 231 g/mol. The number of nitrogens with two attached hydrogens (primary N) is 1. The number of aromatic nitrogens is 1. The molecule has 1 aromatic carbocycles. The van der Waals surface area contributed by atoms with Crippen molar-refractivity contribution in [3.63, 3.8) is 0 Å². The van der Waals surface area contributed by atoms with Gasteiger partial charge in [0.25, 0.3) is 0 Å². The summed E-state index contributed by atoms with van der Waals surface area (Å²) in [6, 6.07) is 6.46. The van der Waals surface area contributed by atoms with Gasteiger partial charge in [0.1, 0.15) is 5.82 Å². The normalized spacial score (nSPS) is 10.5. The predicted octanol–water partition coefficient (Wildman–Crippen LogP) is 3.16. The van der Waals surface area contributed by atoms with Crippen LogP contribution in [-0.4, -0.2) is 4.98 Å². The minimum atomic E-state index is -0.207. The second-order valence-corrected chi connectivity index (χ2v) is 5.10. The van der Waals surface area contributed by atoms with Crippen LogP contribution in [0.3, 0.4) is 0 Å². The number of thiazole rings is 1. The Balaban J connectivity index is 1.96. The standard InChI is InChI=1S/C10H9FN2S2/c11-7-1-3-8(4-2-7)14-6-9-5-13-10(12)15-9/h1-5H,6H2,(H2,12,13). The number of halogens is 1. The van der Waals surface area contributed by atoms with Gasteiger partial charge < -0.3 is 5.73 Å². The topological polar surface area (TPSA) is 38.9 Å². The fourth-order valence-electron chi connectivity index (χ4n) is 1.07. The van der Waals surface area contributed by atoms with Crippen LogP contribution < -0.4 is 5.73 Å². The molecular formula is C10H9FN2S2. The zero-order valence-corrected chi connectivity index (χ0v) is 9.45. The lowest BCUT2D eigenvalue weighted by molar-refractivity contribution is 0.626. The molecule has 1 aromatic heterocycles. The van der Waals surface area contributed by atoms with Crippen molar-refractivity contribution >= 4 is 28.2 Å². The van der Waals surface area contributed by atoms with Crippen molar-refractivity contribution in [3.8, 4) is 0 Å².